The molecule has 1 rings (SSSR count). The van der Waals surface area contributed by atoms with E-state index in [0.29, 0.717) is 0 Å². The first kappa shape index (κ1) is 26.3. The van der Waals surface area contributed by atoms with Gasteiger partial charge >= 0.3 is 0 Å². The van der Waals surface area contributed by atoms with Crippen molar-refractivity contribution in [1.82, 2.24) is 0 Å². The Bertz CT molecular complexity index is 964. The van der Waals surface area contributed by atoms with Crippen molar-refractivity contribution in [2.45, 2.75) is 33.6 Å². The fourth-order valence-electron chi connectivity index (χ4n) is 3.42. The highest BCUT2D eigenvalue weighted by Gasteiger charge is 2.21. The SMILES string of the molecule is C=C/C=C\C(=C/C)C(/C(C=C)=C([B]C(=C/C=C)/C(S)=C\C)/C=C\C)c1cccc(C)c1. The maximum absolute atomic E-state index is 4.65. The summed E-state index contributed by atoms with van der Waals surface area (Å²) in [5.41, 5.74) is 6.83. The van der Waals surface area contributed by atoms with Gasteiger partial charge in [-0.25, -0.2) is 0 Å². The third-order valence-corrected chi connectivity index (χ3v) is 5.37. The Morgan fingerprint density at radius 2 is 1.77 bits per heavy atom. The smallest absolute Gasteiger partial charge is 0.144 e. The van der Waals surface area contributed by atoms with Gasteiger partial charge in [0.25, 0.3) is 0 Å². The van der Waals surface area contributed by atoms with Crippen molar-refractivity contribution < 1.29 is 0 Å². The summed E-state index contributed by atoms with van der Waals surface area (Å²) in [6, 6.07) is 8.64. The predicted molar refractivity (Wildman–Crippen MR) is 146 cm³/mol. The number of aryl methyl sites for hydroxylation is 1. The maximum atomic E-state index is 4.65. The van der Waals surface area contributed by atoms with Gasteiger partial charge in [-0.15, -0.1) is 12.6 Å². The van der Waals surface area contributed by atoms with Crippen LogP contribution in [0.5, 0.6) is 0 Å². The lowest BCUT2D eigenvalue weighted by atomic mass is 9.58. The molecule has 0 amide bonds. The molecule has 0 saturated heterocycles. The van der Waals surface area contributed by atoms with Gasteiger partial charge in [0.2, 0.25) is 0 Å². The summed E-state index contributed by atoms with van der Waals surface area (Å²) in [5, 5.41) is 0. The Morgan fingerprint density at radius 1 is 1.03 bits per heavy atom. The van der Waals surface area contributed by atoms with Crippen LogP contribution in [0.15, 0.2) is 132 Å². The average molecular weight is 425 g/mol. The summed E-state index contributed by atoms with van der Waals surface area (Å²) >= 11 is 4.65. The summed E-state index contributed by atoms with van der Waals surface area (Å²) in [6.45, 7) is 20.1. The van der Waals surface area contributed by atoms with Crippen LogP contribution in [0.3, 0.4) is 0 Å². The first-order valence-corrected chi connectivity index (χ1v) is 11.0. The highest BCUT2D eigenvalue weighted by molar-refractivity contribution is 7.85. The number of hydrogen-bond donors (Lipinski definition) is 1. The van der Waals surface area contributed by atoms with Gasteiger partial charge in [-0.3, -0.25) is 0 Å². The van der Waals surface area contributed by atoms with Gasteiger partial charge in [-0.2, -0.15) is 0 Å². The minimum atomic E-state index is 0.0278. The topological polar surface area (TPSA) is 0 Å². The number of hydrogen-bond acceptors (Lipinski definition) is 1. The molecule has 0 fully saturated rings. The van der Waals surface area contributed by atoms with Crippen molar-refractivity contribution in [3.05, 3.63) is 143 Å². The molecular formula is C29H34BS. The first-order valence-electron chi connectivity index (χ1n) is 10.5. The Morgan fingerprint density at radius 3 is 2.29 bits per heavy atom. The van der Waals surface area contributed by atoms with Gasteiger partial charge < -0.3 is 0 Å². The van der Waals surface area contributed by atoms with E-state index in [1.54, 1.807) is 12.2 Å². The molecule has 0 aromatic heterocycles. The van der Waals surface area contributed by atoms with E-state index in [9.17, 15) is 0 Å². The van der Waals surface area contributed by atoms with Gasteiger partial charge in [0.15, 0.2) is 7.28 Å². The molecule has 0 nitrogen and oxygen atoms in total. The van der Waals surface area contributed by atoms with Crippen molar-refractivity contribution in [1.29, 1.82) is 0 Å². The van der Waals surface area contributed by atoms with Crippen LogP contribution in [0.2, 0.25) is 0 Å². The fraction of sp³-hybridized carbons (Fsp3) is 0.172. The maximum Gasteiger partial charge on any atom is 0.193 e. The van der Waals surface area contributed by atoms with Crippen LogP contribution in [-0.4, -0.2) is 7.28 Å². The second-order valence-electron chi connectivity index (χ2n) is 7.02. The Hall–Kier alpha value is -2.71. The minimum absolute atomic E-state index is 0.0278. The lowest BCUT2D eigenvalue weighted by Gasteiger charge is -2.24. The van der Waals surface area contributed by atoms with Crippen molar-refractivity contribution in [2.24, 2.45) is 0 Å². The predicted octanol–water partition coefficient (Wildman–Crippen LogP) is 8.39. The molecule has 1 aromatic rings. The van der Waals surface area contributed by atoms with Crippen LogP contribution < -0.4 is 0 Å². The van der Waals surface area contributed by atoms with E-state index in [4.69, 9.17) is 0 Å². The van der Waals surface area contributed by atoms with E-state index < -0.39 is 0 Å². The molecule has 0 aliphatic carbocycles. The van der Waals surface area contributed by atoms with E-state index in [1.807, 2.05) is 38.2 Å². The van der Waals surface area contributed by atoms with Crippen LogP contribution in [0.25, 0.3) is 0 Å². The van der Waals surface area contributed by atoms with Crippen molar-refractivity contribution >= 4 is 19.9 Å². The lowest BCUT2D eigenvalue weighted by molar-refractivity contribution is 0.967. The molecule has 31 heavy (non-hydrogen) atoms. The van der Waals surface area contributed by atoms with Crippen molar-refractivity contribution in [2.75, 3.05) is 0 Å². The molecule has 0 saturated carbocycles. The van der Waals surface area contributed by atoms with Crippen LogP contribution in [-0.2, 0) is 0 Å². The molecule has 1 radical (unpaired) electrons. The van der Waals surface area contributed by atoms with E-state index in [-0.39, 0.29) is 5.92 Å². The fourth-order valence-corrected chi connectivity index (χ4v) is 3.56. The van der Waals surface area contributed by atoms with Gasteiger partial charge in [0.05, 0.1) is 0 Å². The molecule has 1 aromatic carbocycles. The molecule has 0 aliphatic heterocycles. The van der Waals surface area contributed by atoms with E-state index >= 15 is 0 Å². The van der Waals surface area contributed by atoms with Gasteiger partial charge in [0.1, 0.15) is 0 Å². The van der Waals surface area contributed by atoms with Crippen LogP contribution in [0.1, 0.15) is 37.8 Å². The van der Waals surface area contributed by atoms with E-state index in [0.717, 1.165) is 21.4 Å². The lowest BCUT2D eigenvalue weighted by Crippen LogP contribution is -2.11. The minimum Gasteiger partial charge on any atom is -0.144 e. The summed E-state index contributed by atoms with van der Waals surface area (Å²) in [7, 11) is 2.15. The van der Waals surface area contributed by atoms with Crippen LogP contribution >= 0.6 is 12.6 Å². The molecule has 159 valence electrons. The van der Waals surface area contributed by atoms with Crippen LogP contribution in [0, 0.1) is 6.92 Å². The molecule has 0 spiro atoms. The van der Waals surface area contributed by atoms with E-state index in [2.05, 4.69) is 102 Å². The zero-order valence-electron chi connectivity index (χ0n) is 19.3. The van der Waals surface area contributed by atoms with Crippen molar-refractivity contribution in [3.8, 4) is 0 Å². The normalized spacial score (nSPS) is 15.1. The Labute approximate surface area is 196 Å². The highest BCUT2D eigenvalue weighted by Crippen LogP contribution is 2.36. The Balaban J connectivity index is 3.85. The molecule has 2 heteroatoms. The molecule has 0 N–H and O–H groups in total. The zero-order valence-corrected chi connectivity index (χ0v) is 20.2. The summed E-state index contributed by atoms with van der Waals surface area (Å²) < 4.78 is 0. The number of benzene rings is 1. The summed E-state index contributed by atoms with van der Waals surface area (Å²) in [4.78, 5) is 0.898. The average Bonchev–Trinajstić information content (AvgIpc) is 2.77. The molecule has 1 atom stereocenters. The zero-order chi connectivity index (χ0) is 23.2. The number of allylic oxidation sites excluding steroid dienone is 14. The highest BCUT2D eigenvalue weighted by atomic mass is 32.1. The second-order valence-corrected chi connectivity index (χ2v) is 7.50. The van der Waals surface area contributed by atoms with Crippen molar-refractivity contribution in [3.63, 3.8) is 0 Å². The number of thiol groups is 1. The van der Waals surface area contributed by atoms with E-state index in [1.165, 1.54) is 16.7 Å². The van der Waals surface area contributed by atoms with Gasteiger partial charge in [0, 0.05) is 5.92 Å². The Kier molecular flexibility index (Phi) is 12.2. The summed E-state index contributed by atoms with van der Waals surface area (Å²) in [5.74, 6) is 0.0278. The molecule has 1 unspecified atom stereocenters. The molecular weight excluding hydrogens is 391 g/mol. The molecule has 0 heterocycles. The molecule has 0 bridgehead atoms. The van der Waals surface area contributed by atoms with Gasteiger partial charge in [-0.05, 0) is 49.3 Å². The quantitative estimate of drug-likeness (QED) is 0.205. The standard InChI is InChI=1S/C29H34BS/c1-8-14-19-23(11-4)29(24-20-15-18-22(7)21-24)25(12-5)26(16-9-2)30-27(17-10-3)28(31)13-6/h8-21,29,31H,1,3,5H2,2,4,6-7H3/b16-9-,19-14-,23-11+,26-25-,27-17+,28-13+. The second kappa shape index (κ2) is 14.3. The third-order valence-electron chi connectivity index (χ3n) is 4.85. The first-order chi connectivity index (χ1) is 15.0. The summed E-state index contributed by atoms with van der Waals surface area (Å²) in [6.07, 6.45) is 19.9. The third kappa shape index (κ3) is 7.81. The van der Waals surface area contributed by atoms with Crippen LogP contribution in [0.4, 0.5) is 0 Å². The van der Waals surface area contributed by atoms with Gasteiger partial charge in [-0.1, -0.05) is 121 Å². The number of rotatable bonds is 11. The molecule has 0 aliphatic rings. The monoisotopic (exact) mass is 425 g/mol. The largest absolute Gasteiger partial charge is 0.193 e.